The monoisotopic (exact) mass is 434 g/mol. The van der Waals surface area contributed by atoms with E-state index in [0.29, 0.717) is 11.1 Å². The van der Waals surface area contributed by atoms with Crippen molar-refractivity contribution in [2.24, 2.45) is 0 Å². The van der Waals surface area contributed by atoms with Gasteiger partial charge in [-0.25, -0.2) is 14.4 Å². The molecule has 0 aliphatic heterocycles. The summed E-state index contributed by atoms with van der Waals surface area (Å²) in [5.74, 6) is -1.58. The molecule has 162 valence electrons. The standard InChI is InChI=1S/C24H18O8/c1-4-22(26)30-19-10-16(9-18(13-19)29-15-25)7-8-17-11-20(31-23(27)5-2)14-21(12-17)32-24(28)6-3/h4-15H,1-3H2/b8-7+. The molecule has 0 atom stereocenters. The number of hydrogen-bond donors (Lipinski definition) is 0. The topological polar surface area (TPSA) is 105 Å². The highest BCUT2D eigenvalue weighted by Crippen LogP contribution is 2.27. The number of hydrogen-bond acceptors (Lipinski definition) is 8. The number of ether oxygens (including phenoxy) is 4. The Morgan fingerprint density at radius 3 is 1.28 bits per heavy atom. The van der Waals surface area contributed by atoms with Gasteiger partial charge in [-0.3, -0.25) is 4.79 Å². The van der Waals surface area contributed by atoms with E-state index in [4.69, 9.17) is 18.9 Å². The van der Waals surface area contributed by atoms with Gasteiger partial charge in [-0.2, -0.15) is 0 Å². The van der Waals surface area contributed by atoms with Crippen molar-refractivity contribution in [3.05, 3.63) is 85.5 Å². The van der Waals surface area contributed by atoms with Crippen molar-refractivity contribution in [2.45, 2.75) is 0 Å². The molecule has 0 amide bonds. The maximum absolute atomic E-state index is 11.5. The van der Waals surface area contributed by atoms with Gasteiger partial charge >= 0.3 is 17.9 Å². The van der Waals surface area contributed by atoms with Crippen LogP contribution in [0.15, 0.2) is 74.4 Å². The summed E-state index contributed by atoms with van der Waals surface area (Å²) in [4.78, 5) is 45.2. The molecule has 0 aromatic heterocycles. The minimum Gasteiger partial charge on any atom is -0.429 e. The summed E-state index contributed by atoms with van der Waals surface area (Å²) in [6.07, 6.45) is 6.18. The normalized spacial score (nSPS) is 10.0. The predicted octanol–water partition coefficient (Wildman–Crippen LogP) is 3.67. The average Bonchev–Trinajstić information content (AvgIpc) is 2.77. The number of carbonyl (C=O) groups is 4. The second kappa shape index (κ2) is 11.5. The van der Waals surface area contributed by atoms with Gasteiger partial charge in [0.05, 0.1) is 0 Å². The Labute approximate surface area is 183 Å². The molecule has 8 heteroatoms. The maximum Gasteiger partial charge on any atom is 0.335 e. The molecule has 0 unspecified atom stereocenters. The molecule has 2 aromatic carbocycles. The first-order chi connectivity index (χ1) is 15.4. The molecule has 0 aliphatic carbocycles. The highest BCUT2D eigenvalue weighted by Gasteiger charge is 2.08. The Bertz CT molecular complexity index is 1070. The zero-order chi connectivity index (χ0) is 23.5. The Balaban J connectivity index is 2.42. The van der Waals surface area contributed by atoms with E-state index in [-0.39, 0.29) is 29.5 Å². The van der Waals surface area contributed by atoms with Gasteiger partial charge in [0.15, 0.2) is 0 Å². The number of benzene rings is 2. The zero-order valence-electron chi connectivity index (χ0n) is 16.8. The van der Waals surface area contributed by atoms with Crippen LogP contribution in [0.3, 0.4) is 0 Å². The largest absolute Gasteiger partial charge is 0.429 e. The lowest BCUT2D eigenvalue weighted by Gasteiger charge is -2.08. The van der Waals surface area contributed by atoms with Crippen LogP contribution in [0.5, 0.6) is 23.0 Å². The fourth-order valence-corrected chi connectivity index (χ4v) is 2.35. The van der Waals surface area contributed by atoms with Crippen molar-refractivity contribution >= 4 is 36.5 Å². The molecule has 2 aromatic rings. The van der Waals surface area contributed by atoms with E-state index in [0.717, 1.165) is 18.2 Å². The van der Waals surface area contributed by atoms with Crippen molar-refractivity contribution in [1.29, 1.82) is 0 Å². The van der Waals surface area contributed by atoms with E-state index in [2.05, 4.69) is 19.7 Å². The van der Waals surface area contributed by atoms with Crippen LogP contribution in [0.2, 0.25) is 0 Å². The third kappa shape index (κ3) is 7.27. The number of carbonyl (C=O) groups excluding carboxylic acids is 4. The molecule has 0 saturated carbocycles. The Morgan fingerprint density at radius 2 is 0.938 bits per heavy atom. The molecule has 0 saturated heterocycles. The smallest absolute Gasteiger partial charge is 0.335 e. The molecule has 0 spiro atoms. The lowest BCUT2D eigenvalue weighted by Crippen LogP contribution is -2.06. The quantitative estimate of drug-likeness (QED) is 0.183. The van der Waals surface area contributed by atoms with Crippen LogP contribution >= 0.6 is 0 Å². The van der Waals surface area contributed by atoms with E-state index in [1.165, 1.54) is 36.4 Å². The highest BCUT2D eigenvalue weighted by atomic mass is 16.5. The van der Waals surface area contributed by atoms with Crippen molar-refractivity contribution in [1.82, 2.24) is 0 Å². The maximum atomic E-state index is 11.5. The molecule has 32 heavy (non-hydrogen) atoms. The molecular weight excluding hydrogens is 416 g/mol. The van der Waals surface area contributed by atoms with Crippen LogP contribution in [0.25, 0.3) is 12.2 Å². The summed E-state index contributed by atoms with van der Waals surface area (Å²) in [5, 5.41) is 0. The summed E-state index contributed by atoms with van der Waals surface area (Å²) in [7, 11) is 0. The minimum atomic E-state index is -0.695. The molecule has 0 fully saturated rings. The van der Waals surface area contributed by atoms with Gasteiger partial charge in [-0.1, -0.05) is 31.9 Å². The summed E-state index contributed by atoms with van der Waals surface area (Å²) in [6, 6.07) is 8.80. The Hall–Kier alpha value is -4.72. The van der Waals surface area contributed by atoms with Crippen molar-refractivity contribution in [3.63, 3.8) is 0 Å². The van der Waals surface area contributed by atoms with Crippen molar-refractivity contribution < 1.29 is 38.1 Å². The number of rotatable bonds is 10. The fraction of sp³-hybridized carbons (Fsp3) is 0. The molecule has 0 aliphatic rings. The minimum absolute atomic E-state index is 0.113. The summed E-state index contributed by atoms with van der Waals surface area (Å²) >= 11 is 0. The number of esters is 3. The van der Waals surface area contributed by atoms with E-state index < -0.39 is 17.9 Å². The lowest BCUT2D eigenvalue weighted by atomic mass is 10.1. The third-order valence-corrected chi connectivity index (χ3v) is 3.61. The summed E-state index contributed by atoms with van der Waals surface area (Å²) in [6.45, 7) is 10.2. The first-order valence-electron chi connectivity index (χ1n) is 8.98. The van der Waals surface area contributed by atoms with Crippen molar-refractivity contribution in [3.8, 4) is 23.0 Å². The Morgan fingerprint density at radius 1 is 0.594 bits per heavy atom. The van der Waals surface area contributed by atoms with Gasteiger partial charge in [-0.15, -0.1) is 0 Å². The van der Waals surface area contributed by atoms with Crippen LogP contribution in [0.4, 0.5) is 0 Å². The lowest BCUT2D eigenvalue weighted by molar-refractivity contribution is -0.130. The second-order valence-corrected chi connectivity index (χ2v) is 5.90. The van der Waals surface area contributed by atoms with Crippen LogP contribution < -0.4 is 18.9 Å². The van der Waals surface area contributed by atoms with Crippen LogP contribution in [0, 0.1) is 0 Å². The first-order valence-corrected chi connectivity index (χ1v) is 8.98. The molecule has 0 bridgehead atoms. The predicted molar refractivity (Wildman–Crippen MR) is 116 cm³/mol. The van der Waals surface area contributed by atoms with Gasteiger partial charge in [0.2, 0.25) is 0 Å². The average molecular weight is 434 g/mol. The fourth-order valence-electron chi connectivity index (χ4n) is 2.35. The Kier molecular flexibility index (Phi) is 8.44. The molecule has 0 heterocycles. The molecule has 0 N–H and O–H groups in total. The molecule has 8 nitrogen and oxygen atoms in total. The summed E-state index contributed by atoms with van der Waals surface area (Å²) < 4.78 is 20.1. The van der Waals surface area contributed by atoms with Gasteiger partial charge in [0.1, 0.15) is 23.0 Å². The van der Waals surface area contributed by atoms with Crippen LogP contribution in [-0.2, 0) is 19.2 Å². The third-order valence-electron chi connectivity index (χ3n) is 3.61. The van der Waals surface area contributed by atoms with Crippen LogP contribution in [-0.4, -0.2) is 24.4 Å². The first kappa shape index (κ1) is 23.6. The van der Waals surface area contributed by atoms with Gasteiger partial charge in [0, 0.05) is 30.4 Å². The zero-order valence-corrected chi connectivity index (χ0v) is 16.8. The molecule has 2 rings (SSSR count). The second-order valence-electron chi connectivity index (χ2n) is 5.90. The van der Waals surface area contributed by atoms with Gasteiger partial charge < -0.3 is 18.9 Å². The SMILES string of the molecule is C=CC(=O)Oc1cc(/C=C/c2cc(OC(=O)C=C)cc(OC(=O)C=C)c2)cc(OC=O)c1. The van der Waals surface area contributed by atoms with E-state index in [9.17, 15) is 19.2 Å². The van der Waals surface area contributed by atoms with E-state index in [1.54, 1.807) is 12.2 Å². The summed E-state index contributed by atoms with van der Waals surface area (Å²) in [5.41, 5.74) is 1.01. The van der Waals surface area contributed by atoms with Gasteiger partial charge in [0.25, 0.3) is 6.47 Å². The van der Waals surface area contributed by atoms with E-state index >= 15 is 0 Å². The molecular formula is C24H18O8. The van der Waals surface area contributed by atoms with Gasteiger partial charge in [-0.05, 0) is 35.4 Å². The molecule has 0 radical (unpaired) electrons. The van der Waals surface area contributed by atoms with E-state index in [1.807, 2.05) is 0 Å². The van der Waals surface area contributed by atoms with Crippen molar-refractivity contribution in [2.75, 3.05) is 0 Å². The van der Waals surface area contributed by atoms with Crippen LogP contribution in [0.1, 0.15) is 11.1 Å². The highest BCUT2D eigenvalue weighted by molar-refractivity contribution is 5.85.